The number of rotatable bonds is 3. The lowest BCUT2D eigenvalue weighted by Gasteiger charge is -2.39. The lowest BCUT2D eigenvalue weighted by Crippen LogP contribution is -2.48. The molecule has 2 atom stereocenters. The molecular weight excluding hydrogens is 472 g/mol. The van der Waals surface area contributed by atoms with Crippen LogP contribution in [-0.4, -0.2) is 37.5 Å². The predicted molar refractivity (Wildman–Crippen MR) is 137 cm³/mol. The van der Waals surface area contributed by atoms with E-state index in [9.17, 15) is 9.65 Å². The van der Waals surface area contributed by atoms with Gasteiger partial charge in [-0.1, -0.05) is 6.07 Å². The normalized spacial score (nSPS) is 21.1. The number of aromatic nitrogens is 4. The van der Waals surface area contributed by atoms with Crippen molar-refractivity contribution < 1.29 is 8.78 Å². The molecule has 2 bridgehead atoms. The van der Waals surface area contributed by atoms with Gasteiger partial charge >= 0.3 is 0 Å². The van der Waals surface area contributed by atoms with Crippen molar-refractivity contribution in [3.8, 4) is 28.5 Å². The van der Waals surface area contributed by atoms with E-state index in [1.54, 1.807) is 24.5 Å². The van der Waals surface area contributed by atoms with Crippen LogP contribution in [0.1, 0.15) is 31.2 Å². The van der Waals surface area contributed by atoms with Gasteiger partial charge in [0.15, 0.2) is 0 Å². The summed E-state index contributed by atoms with van der Waals surface area (Å²) in [6, 6.07) is 11.9. The molecule has 2 aliphatic rings. The molecule has 0 radical (unpaired) electrons. The summed E-state index contributed by atoms with van der Waals surface area (Å²) in [5, 5.41) is 10.0. The number of halogens is 2. The first-order valence-corrected chi connectivity index (χ1v) is 12.4. The summed E-state index contributed by atoms with van der Waals surface area (Å²) in [5.41, 5.74) is 9.21. The Kier molecular flexibility index (Phi) is 4.81. The third-order valence-corrected chi connectivity index (χ3v) is 7.80. The Balaban J connectivity index is 1.53. The fourth-order valence-electron chi connectivity index (χ4n) is 6.17. The fraction of sp³-hybridized carbons (Fsp3) is 0.250. The second-order valence-corrected chi connectivity index (χ2v) is 9.98. The molecule has 0 aliphatic carbocycles. The van der Waals surface area contributed by atoms with E-state index in [1.165, 1.54) is 18.2 Å². The van der Waals surface area contributed by atoms with Crippen LogP contribution in [0.3, 0.4) is 0 Å². The molecule has 3 aromatic heterocycles. The number of nitriles is 1. The van der Waals surface area contributed by atoms with Crippen LogP contribution in [0.5, 0.6) is 0 Å². The number of aromatic amines is 1. The third-order valence-electron chi connectivity index (χ3n) is 7.80. The maximum Gasteiger partial charge on any atom is 0.212 e. The first-order valence-electron chi connectivity index (χ1n) is 12.4. The maximum atomic E-state index is 15.6. The van der Waals surface area contributed by atoms with Gasteiger partial charge in [0.25, 0.3) is 0 Å². The van der Waals surface area contributed by atoms with Crippen molar-refractivity contribution in [2.45, 2.75) is 43.8 Å². The Bertz CT molecular complexity index is 1720. The number of nitrogens with zero attached hydrogens (tertiary/aromatic N) is 5. The highest BCUT2D eigenvalue weighted by atomic mass is 19.1. The molecule has 2 aliphatic heterocycles. The number of nitrogens with two attached hydrogens (primary N) is 1. The monoisotopic (exact) mass is 495 g/mol. The molecule has 184 valence electrons. The lowest BCUT2D eigenvalue weighted by molar-refractivity contribution is 0.408. The van der Waals surface area contributed by atoms with E-state index in [1.807, 2.05) is 22.7 Å². The second-order valence-electron chi connectivity index (χ2n) is 9.98. The summed E-state index contributed by atoms with van der Waals surface area (Å²) in [4.78, 5) is 15.2. The quantitative estimate of drug-likeness (QED) is 0.361. The minimum Gasteiger partial charge on any atom is -0.361 e. The molecule has 0 saturated carbocycles. The van der Waals surface area contributed by atoms with Gasteiger partial charge < -0.3 is 15.6 Å². The SMILES string of the molecule is N#Cc1ccc(-c2nc(N3C4CCC3CC(N)C4)n3ccnc3c2-c2cc3[nH]ccc3cc2F)cc1F. The smallest absolute Gasteiger partial charge is 0.212 e. The Morgan fingerprint density at radius 2 is 1.86 bits per heavy atom. The van der Waals surface area contributed by atoms with E-state index < -0.39 is 11.6 Å². The zero-order valence-electron chi connectivity index (χ0n) is 19.8. The largest absolute Gasteiger partial charge is 0.361 e. The van der Waals surface area contributed by atoms with Crippen LogP contribution in [0, 0.1) is 23.0 Å². The molecule has 2 saturated heterocycles. The summed E-state index contributed by atoms with van der Waals surface area (Å²) < 4.78 is 32.4. The summed E-state index contributed by atoms with van der Waals surface area (Å²) in [6.07, 6.45) is 9.06. The molecule has 0 amide bonds. The van der Waals surface area contributed by atoms with E-state index in [2.05, 4.69) is 14.9 Å². The van der Waals surface area contributed by atoms with Gasteiger partial charge in [-0.15, -0.1) is 0 Å². The van der Waals surface area contributed by atoms with Crippen molar-refractivity contribution in [2.75, 3.05) is 4.90 Å². The van der Waals surface area contributed by atoms with Gasteiger partial charge in [0.2, 0.25) is 5.95 Å². The molecule has 7 rings (SSSR count). The topological polar surface area (TPSA) is 99.0 Å². The number of hydrogen-bond donors (Lipinski definition) is 2. The van der Waals surface area contributed by atoms with E-state index in [-0.39, 0.29) is 23.7 Å². The van der Waals surface area contributed by atoms with Gasteiger partial charge in [0, 0.05) is 58.7 Å². The highest BCUT2D eigenvalue weighted by Crippen LogP contribution is 2.43. The van der Waals surface area contributed by atoms with Crippen molar-refractivity contribution in [3.05, 3.63) is 72.2 Å². The molecule has 2 fully saturated rings. The molecule has 2 unspecified atom stereocenters. The predicted octanol–water partition coefficient (Wildman–Crippen LogP) is 5.15. The zero-order chi connectivity index (χ0) is 25.3. The van der Waals surface area contributed by atoms with Crippen LogP contribution in [0.2, 0.25) is 0 Å². The van der Waals surface area contributed by atoms with Crippen LogP contribution in [-0.2, 0) is 0 Å². The van der Waals surface area contributed by atoms with Crippen molar-refractivity contribution >= 4 is 22.5 Å². The van der Waals surface area contributed by atoms with Crippen molar-refractivity contribution in [2.24, 2.45) is 5.73 Å². The highest BCUT2D eigenvalue weighted by molar-refractivity contribution is 5.95. The molecule has 3 N–H and O–H groups in total. The van der Waals surface area contributed by atoms with Gasteiger partial charge in [0.05, 0.1) is 16.8 Å². The number of anilines is 1. The van der Waals surface area contributed by atoms with Gasteiger partial charge in [-0.05, 0) is 56.0 Å². The first kappa shape index (κ1) is 21.9. The Morgan fingerprint density at radius 3 is 2.62 bits per heavy atom. The average molecular weight is 496 g/mol. The van der Waals surface area contributed by atoms with Crippen molar-refractivity contribution in [3.63, 3.8) is 0 Å². The third kappa shape index (κ3) is 3.33. The van der Waals surface area contributed by atoms with Crippen LogP contribution >= 0.6 is 0 Å². The maximum absolute atomic E-state index is 15.6. The minimum absolute atomic E-state index is 0.0607. The molecule has 9 heteroatoms. The van der Waals surface area contributed by atoms with Crippen molar-refractivity contribution in [1.82, 2.24) is 19.4 Å². The highest BCUT2D eigenvalue weighted by Gasteiger charge is 2.42. The summed E-state index contributed by atoms with van der Waals surface area (Å²) in [5.74, 6) is -0.385. The minimum atomic E-state index is -0.651. The van der Waals surface area contributed by atoms with Gasteiger partial charge in [-0.2, -0.15) is 5.26 Å². The Hall–Kier alpha value is -4.29. The van der Waals surface area contributed by atoms with Gasteiger partial charge in [0.1, 0.15) is 23.4 Å². The Morgan fingerprint density at radius 1 is 1.05 bits per heavy atom. The van der Waals surface area contributed by atoms with Gasteiger partial charge in [-0.25, -0.2) is 18.7 Å². The summed E-state index contributed by atoms with van der Waals surface area (Å²) >= 11 is 0. The first-order chi connectivity index (χ1) is 18.0. The van der Waals surface area contributed by atoms with E-state index in [0.717, 1.165) is 36.6 Å². The molecule has 37 heavy (non-hydrogen) atoms. The number of imidazole rings is 1. The van der Waals surface area contributed by atoms with Crippen molar-refractivity contribution in [1.29, 1.82) is 5.26 Å². The molecule has 5 aromatic rings. The zero-order valence-corrected chi connectivity index (χ0v) is 19.8. The molecule has 7 nitrogen and oxygen atoms in total. The van der Waals surface area contributed by atoms with Gasteiger partial charge in [-0.3, -0.25) is 4.40 Å². The van der Waals surface area contributed by atoms with Crippen LogP contribution in [0.4, 0.5) is 14.7 Å². The molecule has 2 aromatic carbocycles. The van der Waals surface area contributed by atoms with Crippen LogP contribution in [0.25, 0.3) is 38.9 Å². The summed E-state index contributed by atoms with van der Waals surface area (Å²) in [6.45, 7) is 0. The van der Waals surface area contributed by atoms with E-state index in [4.69, 9.17) is 10.7 Å². The average Bonchev–Trinajstić information content (AvgIpc) is 3.61. The number of H-pyrrole nitrogens is 1. The number of hydrogen-bond acceptors (Lipinski definition) is 5. The molecule has 0 spiro atoms. The number of benzene rings is 2. The Labute approximate surface area is 211 Å². The number of fused-ring (bicyclic) bond motifs is 4. The van der Waals surface area contributed by atoms with E-state index >= 15 is 4.39 Å². The molecule has 5 heterocycles. The standard InChI is InChI=1S/C28H23F2N7/c29-22-10-16(1-2-17(22)14-31)26-25(21-13-24-15(5-6-33-24)9-23(21)30)27-34-7-8-36(27)28(35-26)37-19-3-4-20(37)12-18(32)11-19/h1-2,5-10,13,18-20,33H,3-4,11-12,32H2. The number of nitrogens with one attached hydrogen (secondary N) is 1. The van der Waals surface area contributed by atoms with Crippen LogP contribution < -0.4 is 10.6 Å². The molecular formula is C28H23F2N7. The van der Waals surface area contributed by atoms with Crippen LogP contribution in [0.15, 0.2) is 55.0 Å². The second kappa shape index (κ2) is 8.11. The lowest BCUT2D eigenvalue weighted by atomic mass is 9.97. The number of piperidine rings is 1. The summed E-state index contributed by atoms with van der Waals surface area (Å²) in [7, 11) is 0. The van der Waals surface area contributed by atoms with E-state index in [0.29, 0.717) is 34.0 Å². The fourth-order valence-corrected chi connectivity index (χ4v) is 6.17.